The van der Waals surface area contributed by atoms with Gasteiger partial charge in [0.25, 0.3) is 5.91 Å². The van der Waals surface area contributed by atoms with Crippen LogP contribution in [-0.4, -0.2) is 17.5 Å². The van der Waals surface area contributed by atoms with Crippen molar-refractivity contribution < 1.29 is 9.53 Å². The van der Waals surface area contributed by atoms with Gasteiger partial charge >= 0.3 is 0 Å². The molecule has 0 fully saturated rings. The molecule has 1 N–H and O–H groups in total. The van der Waals surface area contributed by atoms with Crippen molar-refractivity contribution >= 4 is 22.5 Å². The molecule has 0 radical (unpaired) electrons. The third-order valence-corrected chi connectivity index (χ3v) is 5.05. The summed E-state index contributed by atoms with van der Waals surface area (Å²) in [7, 11) is 0. The maximum Gasteiger partial charge on any atom is 0.256 e. The lowest BCUT2D eigenvalue weighted by Gasteiger charge is -2.13. The monoisotopic (exact) mass is 396 g/mol. The number of para-hydroxylation sites is 1. The molecule has 4 rings (SSSR count). The minimum Gasteiger partial charge on any atom is -0.494 e. The molecule has 150 valence electrons. The molecular weight excluding hydrogens is 372 g/mol. The van der Waals surface area contributed by atoms with Gasteiger partial charge in [0.2, 0.25) is 0 Å². The van der Waals surface area contributed by atoms with Crippen molar-refractivity contribution in [3.8, 4) is 17.0 Å². The Hall–Kier alpha value is -3.66. The summed E-state index contributed by atoms with van der Waals surface area (Å²) >= 11 is 0. The van der Waals surface area contributed by atoms with Gasteiger partial charge in [-0.15, -0.1) is 0 Å². The zero-order valence-corrected chi connectivity index (χ0v) is 17.4. The minimum atomic E-state index is -0.163. The van der Waals surface area contributed by atoms with E-state index in [0.717, 1.165) is 44.7 Å². The van der Waals surface area contributed by atoms with Crippen molar-refractivity contribution in [3.05, 3.63) is 89.5 Å². The average molecular weight is 396 g/mol. The number of ether oxygens (including phenoxy) is 1. The smallest absolute Gasteiger partial charge is 0.256 e. The number of benzene rings is 3. The first kappa shape index (κ1) is 19.6. The van der Waals surface area contributed by atoms with Gasteiger partial charge in [-0.2, -0.15) is 0 Å². The summed E-state index contributed by atoms with van der Waals surface area (Å²) in [5, 5.41) is 3.83. The third kappa shape index (κ3) is 4.03. The van der Waals surface area contributed by atoms with Crippen LogP contribution in [0.25, 0.3) is 22.2 Å². The fraction of sp³-hybridized carbons (Fsp3) is 0.154. The van der Waals surface area contributed by atoms with E-state index in [1.165, 1.54) is 0 Å². The van der Waals surface area contributed by atoms with Crippen LogP contribution in [0.3, 0.4) is 0 Å². The van der Waals surface area contributed by atoms with Crippen LogP contribution in [0.5, 0.6) is 5.75 Å². The van der Waals surface area contributed by atoms with E-state index >= 15 is 0 Å². The summed E-state index contributed by atoms with van der Waals surface area (Å²) in [6.45, 7) is 6.67. The highest BCUT2D eigenvalue weighted by atomic mass is 16.5. The van der Waals surface area contributed by atoms with Gasteiger partial charge in [-0.1, -0.05) is 35.9 Å². The molecule has 1 aromatic heterocycles. The van der Waals surface area contributed by atoms with Gasteiger partial charge in [0.05, 0.1) is 23.4 Å². The Bertz CT molecular complexity index is 1210. The van der Waals surface area contributed by atoms with Gasteiger partial charge in [0, 0.05) is 16.6 Å². The SMILES string of the molecule is CCOc1ccc(NC(=O)c2cc(-c3cc(C)ccc3C)nc3ccccc23)cc1. The van der Waals surface area contributed by atoms with Gasteiger partial charge in [-0.05, 0) is 68.8 Å². The molecule has 1 heterocycles. The quantitative estimate of drug-likeness (QED) is 0.439. The maximum absolute atomic E-state index is 13.2. The summed E-state index contributed by atoms with van der Waals surface area (Å²) in [6.07, 6.45) is 0. The number of hydrogen-bond donors (Lipinski definition) is 1. The average Bonchev–Trinajstić information content (AvgIpc) is 2.76. The summed E-state index contributed by atoms with van der Waals surface area (Å²) in [5.41, 5.74) is 6.24. The number of fused-ring (bicyclic) bond motifs is 1. The number of aromatic nitrogens is 1. The number of carbonyl (C=O) groups is 1. The maximum atomic E-state index is 13.2. The van der Waals surface area contributed by atoms with E-state index in [2.05, 4.69) is 37.4 Å². The molecular formula is C26H24N2O2. The van der Waals surface area contributed by atoms with Gasteiger partial charge in [0.1, 0.15) is 5.75 Å². The van der Waals surface area contributed by atoms with Crippen LogP contribution in [0.4, 0.5) is 5.69 Å². The molecule has 0 aliphatic carbocycles. The van der Waals surface area contributed by atoms with Gasteiger partial charge < -0.3 is 10.1 Å². The second kappa shape index (κ2) is 8.37. The number of rotatable bonds is 5. The number of anilines is 1. The van der Waals surface area contributed by atoms with E-state index in [1.54, 1.807) is 0 Å². The molecule has 0 bridgehead atoms. The van der Waals surface area contributed by atoms with Crippen molar-refractivity contribution in [2.24, 2.45) is 0 Å². The molecule has 4 nitrogen and oxygen atoms in total. The highest BCUT2D eigenvalue weighted by Crippen LogP contribution is 2.28. The Kier molecular flexibility index (Phi) is 5.48. The molecule has 0 spiro atoms. The van der Waals surface area contributed by atoms with Crippen LogP contribution >= 0.6 is 0 Å². The fourth-order valence-corrected chi connectivity index (χ4v) is 3.51. The molecule has 0 unspecified atom stereocenters. The first-order valence-corrected chi connectivity index (χ1v) is 10.1. The van der Waals surface area contributed by atoms with E-state index < -0.39 is 0 Å². The number of amides is 1. The Balaban J connectivity index is 1.75. The number of nitrogens with one attached hydrogen (secondary N) is 1. The predicted octanol–water partition coefficient (Wildman–Crippen LogP) is 6.17. The normalized spacial score (nSPS) is 10.8. The molecule has 4 heteroatoms. The lowest BCUT2D eigenvalue weighted by molar-refractivity contribution is 0.102. The van der Waals surface area contributed by atoms with E-state index in [0.29, 0.717) is 12.2 Å². The zero-order valence-electron chi connectivity index (χ0n) is 17.4. The van der Waals surface area contributed by atoms with Crippen molar-refractivity contribution in [1.82, 2.24) is 4.98 Å². The third-order valence-electron chi connectivity index (χ3n) is 5.05. The van der Waals surface area contributed by atoms with Crippen molar-refractivity contribution in [3.63, 3.8) is 0 Å². The number of carbonyl (C=O) groups excluding carboxylic acids is 1. The largest absolute Gasteiger partial charge is 0.494 e. The molecule has 4 aromatic rings. The van der Waals surface area contributed by atoms with Crippen molar-refractivity contribution in [2.75, 3.05) is 11.9 Å². The molecule has 3 aromatic carbocycles. The van der Waals surface area contributed by atoms with Gasteiger partial charge in [0.15, 0.2) is 0 Å². The first-order chi connectivity index (χ1) is 14.5. The number of nitrogens with zero attached hydrogens (tertiary/aromatic N) is 1. The van der Waals surface area contributed by atoms with Crippen molar-refractivity contribution in [1.29, 1.82) is 0 Å². The number of hydrogen-bond acceptors (Lipinski definition) is 3. The van der Waals surface area contributed by atoms with Crippen molar-refractivity contribution in [2.45, 2.75) is 20.8 Å². The number of pyridine rings is 1. The first-order valence-electron chi connectivity index (χ1n) is 10.1. The Morgan fingerprint density at radius 1 is 0.967 bits per heavy atom. The second-order valence-electron chi connectivity index (χ2n) is 7.30. The Labute approximate surface area is 176 Å². The summed E-state index contributed by atoms with van der Waals surface area (Å²) in [6, 6.07) is 23.3. The van der Waals surface area contributed by atoms with E-state index in [4.69, 9.17) is 9.72 Å². The highest BCUT2D eigenvalue weighted by molar-refractivity contribution is 6.13. The molecule has 0 atom stereocenters. The van der Waals surface area contributed by atoms with Crippen LogP contribution in [-0.2, 0) is 0 Å². The lowest BCUT2D eigenvalue weighted by Crippen LogP contribution is -2.13. The predicted molar refractivity (Wildman–Crippen MR) is 122 cm³/mol. The summed E-state index contributed by atoms with van der Waals surface area (Å²) in [4.78, 5) is 18.0. The summed E-state index contributed by atoms with van der Waals surface area (Å²) in [5.74, 6) is 0.617. The lowest BCUT2D eigenvalue weighted by atomic mass is 9.99. The molecule has 0 saturated carbocycles. The highest BCUT2D eigenvalue weighted by Gasteiger charge is 2.15. The molecule has 0 aliphatic heterocycles. The second-order valence-corrected chi connectivity index (χ2v) is 7.30. The summed E-state index contributed by atoms with van der Waals surface area (Å²) < 4.78 is 5.47. The molecule has 0 saturated heterocycles. The van der Waals surface area contributed by atoms with Crippen LogP contribution in [0.1, 0.15) is 28.4 Å². The molecule has 1 amide bonds. The van der Waals surface area contributed by atoms with E-state index in [9.17, 15) is 4.79 Å². The molecule has 30 heavy (non-hydrogen) atoms. The standard InChI is InChI=1S/C26H24N2O2/c1-4-30-20-13-11-19(12-14-20)27-26(29)23-16-25(22-15-17(2)9-10-18(22)3)28-24-8-6-5-7-21(23)24/h5-16H,4H2,1-3H3,(H,27,29). The van der Waals surface area contributed by atoms with Gasteiger partial charge in [-0.3, -0.25) is 4.79 Å². The molecule has 0 aliphatic rings. The zero-order chi connectivity index (χ0) is 21.1. The topological polar surface area (TPSA) is 51.2 Å². The van der Waals surface area contributed by atoms with Gasteiger partial charge in [-0.25, -0.2) is 4.98 Å². The van der Waals surface area contributed by atoms with E-state index in [-0.39, 0.29) is 5.91 Å². The van der Waals surface area contributed by atoms with E-state index in [1.807, 2.05) is 61.5 Å². The fourth-order valence-electron chi connectivity index (χ4n) is 3.51. The van der Waals surface area contributed by atoms with Crippen LogP contribution in [0.15, 0.2) is 72.8 Å². The van der Waals surface area contributed by atoms with Crippen LogP contribution in [0, 0.1) is 13.8 Å². The van der Waals surface area contributed by atoms with Crippen LogP contribution in [0.2, 0.25) is 0 Å². The Morgan fingerprint density at radius 2 is 1.73 bits per heavy atom. The Morgan fingerprint density at radius 3 is 2.50 bits per heavy atom. The number of aryl methyl sites for hydroxylation is 2. The van der Waals surface area contributed by atoms with Crippen LogP contribution < -0.4 is 10.1 Å². The minimum absolute atomic E-state index is 0.163.